The monoisotopic (exact) mass is 419 g/mol. The molecule has 3 aromatic carbocycles. The molecule has 140 valence electrons. The number of nitrogens with one attached hydrogen (secondary N) is 1. The van der Waals surface area contributed by atoms with E-state index in [1.54, 1.807) is 6.07 Å². The van der Waals surface area contributed by atoms with Crippen molar-refractivity contribution in [3.8, 4) is 5.75 Å². The molecule has 0 aliphatic carbocycles. The fraction of sp³-hybridized carbons (Fsp3) is 0.182. The molecule has 0 unspecified atom stereocenters. The van der Waals surface area contributed by atoms with Gasteiger partial charge in [0.25, 0.3) is 0 Å². The van der Waals surface area contributed by atoms with Crippen LogP contribution in [0.2, 0.25) is 15.1 Å². The Balaban J connectivity index is 1.78. The quantitative estimate of drug-likeness (QED) is 0.447. The first-order chi connectivity index (χ1) is 12.9. The fourth-order valence-corrected chi connectivity index (χ4v) is 3.54. The molecule has 0 radical (unpaired) electrons. The maximum atomic E-state index is 6.40. The number of hydrogen-bond donors (Lipinski definition) is 1. The zero-order valence-corrected chi connectivity index (χ0v) is 17.4. The number of rotatable bonds is 6. The van der Waals surface area contributed by atoms with Gasteiger partial charge in [-0.2, -0.15) is 0 Å². The van der Waals surface area contributed by atoms with E-state index >= 15 is 0 Å². The molecule has 0 aromatic heterocycles. The SMILES string of the molecule is Cc1ccc(NCc2cc(Cl)cc(Cl)c2OCc2cccc(Cl)c2)cc1C. The summed E-state index contributed by atoms with van der Waals surface area (Å²) in [6.45, 7) is 5.11. The second kappa shape index (κ2) is 8.88. The van der Waals surface area contributed by atoms with Crippen molar-refractivity contribution in [1.29, 1.82) is 0 Å². The summed E-state index contributed by atoms with van der Waals surface area (Å²) in [5, 5.41) is 5.15. The molecule has 3 aromatic rings. The van der Waals surface area contributed by atoms with Crippen LogP contribution in [-0.2, 0) is 13.2 Å². The standard InChI is InChI=1S/C22H20Cl3NO/c1-14-6-7-20(8-15(14)2)26-12-17-10-19(24)11-21(25)22(17)27-13-16-4-3-5-18(23)9-16/h3-11,26H,12-13H2,1-2H3. The van der Waals surface area contributed by atoms with Gasteiger partial charge in [0.2, 0.25) is 0 Å². The molecule has 0 heterocycles. The highest BCUT2D eigenvalue weighted by atomic mass is 35.5. The molecule has 3 rings (SSSR count). The molecule has 5 heteroatoms. The molecule has 0 saturated heterocycles. The molecule has 0 atom stereocenters. The van der Waals surface area contributed by atoms with Crippen molar-refractivity contribution >= 4 is 40.5 Å². The van der Waals surface area contributed by atoms with E-state index in [9.17, 15) is 0 Å². The zero-order chi connectivity index (χ0) is 19.4. The van der Waals surface area contributed by atoms with E-state index in [2.05, 4.69) is 37.4 Å². The van der Waals surface area contributed by atoms with Crippen LogP contribution in [0.15, 0.2) is 54.6 Å². The highest BCUT2D eigenvalue weighted by Crippen LogP contribution is 2.34. The molecule has 2 nitrogen and oxygen atoms in total. The number of halogens is 3. The van der Waals surface area contributed by atoms with Crippen molar-refractivity contribution in [2.45, 2.75) is 27.0 Å². The van der Waals surface area contributed by atoms with E-state index < -0.39 is 0 Å². The summed E-state index contributed by atoms with van der Waals surface area (Å²) in [6.07, 6.45) is 0. The lowest BCUT2D eigenvalue weighted by Crippen LogP contribution is -2.05. The van der Waals surface area contributed by atoms with Crippen LogP contribution in [0.5, 0.6) is 5.75 Å². The first-order valence-corrected chi connectivity index (χ1v) is 9.72. The van der Waals surface area contributed by atoms with Crippen LogP contribution < -0.4 is 10.1 Å². The van der Waals surface area contributed by atoms with Crippen LogP contribution in [0, 0.1) is 13.8 Å². The molecule has 0 aliphatic heterocycles. The van der Waals surface area contributed by atoms with Gasteiger partial charge in [-0.15, -0.1) is 0 Å². The summed E-state index contributed by atoms with van der Waals surface area (Å²) in [4.78, 5) is 0. The summed E-state index contributed by atoms with van der Waals surface area (Å²) in [6, 6.07) is 17.4. The second-order valence-corrected chi connectivity index (χ2v) is 7.73. The predicted molar refractivity (Wildman–Crippen MR) is 115 cm³/mol. The highest BCUT2D eigenvalue weighted by molar-refractivity contribution is 6.35. The van der Waals surface area contributed by atoms with E-state index in [0.717, 1.165) is 16.8 Å². The van der Waals surface area contributed by atoms with Crippen molar-refractivity contribution in [1.82, 2.24) is 0 Å². The summed E-state index contributed by atoms with van der Waals surface area (Å²) >= 11 is 18.6. The molecule has 0 aliphatic rings. The lowest BCUT2D eigenvalue weighted by molar-refractivity contribution is 0.303. The van der Waals surface area contributed by atoms with Gasteiger partial charge < -0.3 is 10.1 Å². The maximum absolute atomic E-state index is 6.40. The molecular formula is C22H20Cl3NO. The van der Waals surface area contributed by atoms with Gasteiger partial charge >= 0.3 is 0 Å². The van der Waals surface area contributed by atoms with E-state index in [1.165, 1.54) is 11.1 Å². The number of ether oxygens (including phenoxy) is 1. The van der Waals surface area contributed by atoms with Crippen molar-refractivity contribution in [3.63, 3.8) is 0 Å². The molecule has 0 spiro atoms. The Morgan fingerprint density at radius 2 is 1.67 bits per heavy atom. The van der Waals surface area contributed by atoms with Gasteiger partial charge in [-0.3, -0.25) is 0 Å². The Bertz CT molecular complexity index is 956. The molecule has 0 bridgehead atoms. The molecule has 27 heavy (non-hydrogen) atoms. The minimum Gasteiger partial charge on any atom is -0.487 e. The smallest absolute Gasteiger partial charge is 0.143 e. The average molecular weight is 421 g/mol. The van der Waals surface area contributed by atoms with Crippen LogP contribution in [0.4, 0.5) is 5.69 Å². The summed E-state index contributed by atoms with van der Waals surface area (Å²) in [5.74, 6) is 0.623. The van der Waals surface area contributed by atoms with Crippen LogP contribution in [0.1, 0.15) is 22.3 Å². The third-order valence-electron chi connectivity index (χ3n) is 4.35. The van der Waals surface area contributed by atoms with Gasteiger partial charge in [0.15, 0.2) is 0 Å². The third kappa shape index (κ3) is 5.32. The van der Waals surface area contributed by atoms with Crippen LogP contribution in [0.25, 0.3) is 0 Å². The predicted octanol–water partition coefficient (Wildman–Crippen LogP) is 7.45. The molecule has 0 saturated carbocycles. The van der Waals surface area contributed by atoms with Gasteiger partial charge in [0.05, 0.1) is 5.02 Å². The van der Waals surface area contributed by atoms with Crippen molar-refractivity contribution in [2.75, 3.05) is 5.32 Å². The first-order valence-electron chi connectivity index (χ1n) is 8.58. The van der Waals surface area contributed by atoms with Gasteiger partial charge in [-0.25, -0.2) is 0 Å². The van der Waals surface area contributed by atoms with Gasteiger partial charge in [0.1, 0.15) is 12.4 Å². The molecule has 1 N–H and O–H groups in total. The zero-order valence-electron chi connectivity index (χ0n) is 15.2. The van der Waals surface area contributed by atoms with Gasteiger partial charge in [-0.05, 0) is 66.9 Å². The largest absolute Gasteiger partial charge is 0.487 e. The first kappa shape index (κ1) is 19.9. The molecule has 0 fully saturated rings. The molecular weight excluding hydrogens is 401 g/mol. The summed E-state index contributed by atoms with van der Waals surface area (Å²) in [5.41, 5.74) is 5.41. The van der Waals surface area contributed by atoms with Crippen molar-refractivity contribution in [2.24, 2.45) is 0 Å². The van der Waals surface area contributed by atoms with Gasteiger partial charge in [-0.1, -0.05) is 53.0 Å². The van der Waals surface area contributed by atoms with Crippen molar-refractivity contribution in [3.05, 3.63) is 91.9 Å². The van der Waals surface area contributed by atoms with E-state index in [4.69, 9.17) is 39.5 Å². The Labute approximate surface area is 175 Å². The van der Waals surface area contributed by atoms with E-state index in [1.807, 2.05) is 30.3 Å². The number of anilines is 1. The Morgan fingerprint density at radius 1 is 0.852 bits per heavy atom. The molecule has 0 amide bonds. The van der Waals surface area contributed by atoms with E-state index in [-0.39, 0.29) is 0 Å². The Morgan fingerprint density at radius 3 is 2.41 bits per heavy atom. The summed E-state index contributed by atoms with van der Waals surface area (Å²) in [7, 11) is 0. The number of aryl methyl sites for hydroxylation is 2. The van der Waals surface area contributed by atoms with Crippen LogP contribution >= 0.6 is 34.8 Å². The van der Waals surface area contributed by atoms with Crippen LogP contribution in [0.3, 0.4) is 0 Å². The summed E-state index contributed by atoms with van der Waals surface area (Å²) < 4.78 is 6.01. The second-order valence-electron chi connectivity index (χ2n) is 6.45. The lowest BCUT2D eigenvalue weighted by Gasteiger charge is -2.16. The third-order valence-corrected chi connectivity index (χ3v) is 5.08. The highest BCUT2D eigenvalue weighted by Gasteiger charge is 2.12. The van der Waals surface area contributed by atoms with Gasteiger partial charge in [0, 0.05) is 27.8 Å². The Kier molecular flexibility index (Phi) is 6.54. The fourth-order valence-electron chi connectivity index (χ4n) is 2.74. The Hall–Kier alpha value is -1.87. The minimum absolute atomic E-state index is 0.374. The van der Waals surface area contributed by atoms with Crippen molar-refractivity contribution < 1.29 is 4.74 Å². The van der Waals surface area contributed by atoms with E-state index in [0.29, 0.717) is 34.0 Å². The maximum Gasteiger partial charge on any atom is 0.143 e. The number of hydrogen-bond acceptors (Lipinski definition) is 2. The topological polar surface area (TPSA) is 21.3 Å². The lowest BCUT2D eigenvalue weighted by atomic mass is 10.1. The normalized spacial score (nSPS) is 10.7. The van der Waals surface area contributed by atoms with Crippen LogP contribution in [-0.4, -0.2) is 0 Å². The average Bonchev–Trinajstić information content (AvgIpc) is 2.62. The number of benzene rings is 3. The minimum atomic E-state index is 0.374.